The smallest absolute Gasteiger partial charge is 0.305 e. The van der Waals surface area contributed by atoms with Crippen LogP contribution in [-0.2, 0) is 38.6 Å². The predicted molar refractivity (Wildman–Crippen MR) is 91.4 cm³/mol. The molecule has 1 rings (SSSR count). The number of esters is 2. The predicted octanol–water partition coefficient (Wildman–Crippen LogP) is 3.58. The molecule has 0 aromatic carbocycles. The van der Waals surface area contributed by atoms with E-state index in [1.807, 2.05) is 13.8 Å². The van der Waals surface area contributed by atoms with Crippen LogP contribution in [0.2, 0.25) is 0 Å². The second kappa shape index (κ2) is 11.5. The summed E-state index contributed by atoms with van der Waals surface area (Å²) < 4.78 is 10.2. The molecule has 0 unspecified atom stereocenters. The SMILES string of the molecule is CCCCOC(=O)CCC1(C)OOC(C)(CCC(=O)OCCCC)OO1. The van der Waals surface area contributed by atoms with Gasteiger partial charge in [-0.05, 0) is 26.7 Å². The van der Waals surface area contributed by atoms with Gasteiger partial charge in [-0.25, -0.2) is 0 Å². The first-order valence-corrected chi connectivity index (χ1v) is 9.37. The number of hydrogen-bond donors (Lipinski definition) is 0. The molecule has 8 nitrogen and oxygen atoms in total. The number of hydrogen-bond acceptors (Lipinski definition) is 8. The van der Waals surface area contributed by atoms with E-state index in [1.54, 1.807) is 13.8 Å². The molecule has 0 aromatic rings. The van der Waals surface area contributed by atoms with Gasteiger partial charge in [-0.1, -0.05) is 26.7 Å². The zero-order valence-electron chi connectivity index (χ0n) is 16.3. The molecule has 152 valence electrons. The molecule has 0 spiro atoms. The molecule has 0 aromatic heterocycles. The first-order chi connectivity index (χ1) is 12.3. The third kappa shape index (κ3) is 8.93. The Morgan fingerprint density at radius 2 is 1.08 bits per heavy atom. The molecule has 0 N–H and O–H groups in total. The second-order valence-electron chi connectivity index (χ2n) is 6.75. The van der Waals surface area contributed by atoms with Gasteiger partial charge in [0.2, 0.25) is 11.6 Å². The molecule has 1 aliphatic heterocycles. The van der Waals surface area contributed by atoms with Crippen molar-refractivity contribution in [2.75, 3.05) is 13.2 Å². The van der Waals surface area contributed by atoms with Crippen molar-refractivity contribution in [3.63, 3.8) is 0 Å². The van der Waals surface area contributed by atoms with Gasteiger partial charge in [0, 0.05) is 12.8 Å². The van der Waals surface area contributed by atoms with Crippen LogP contribution in [0.4, 0.5) is 0 Å². The molecule has 1 saturated heterocycles. The summed E-state index contributed by atoms with van der Waals surface area (Å²) in [5.41, 5.74) is 0. The molecule has 1 heterocycles. The third-order valence-corrected chi connectivity index (χ3v) is 3.88. The third-order valence-electron chi connectivity index (χ3n) is 3.88. The molecule has 0 radical (unpaired) electrons. The van der Waals surface area contributed by atoms with E-state index in [2.05, 4.69) is 0 Å². The van der Waals surface area contributed by atoms with Crippen molar-refractivity contribution >= 4 is 11.9 Å². The van der Waals surface area contributed by atoms with Crippen LogP contribution in [0, 0.1) is 0 Å². The molecule has 0 amide bonds. The molecule has 0 aliphatic carbocycles. The van der Waals surface area contributed by atoms with Crippen molar-refractivity contribution in [3.8, 4) is 0 Å². The second-order valence-corrected chi connectivity index (χ2v) is 6.75. The van der Waals surface area contributed by atoms with Crippen LogP contribution in [0.5, 0.6) is 0 Å². The first kappa shape index (κ1) is 22.8. The van der Waals surface area contributed by atoms with Crippen molar-refractivity contribution in [1.29, 1.82) is 0 Å². The standard InChI is InChI=1S/C18H32O8/c1-5-7-13-21-15(19)9-11-17(3)23-25-18(4,26-24-17)12-10-16(20)22-14-8-6-2/h5-14H2,1-4H3. The highest BCUT2D eigenvalue weighted by Gasteiger charge is 2.44. The van der Waals surface area contributed by atoms with Crippen molar-refractivity contribution in [2.45, 2.75) is 90.6 Å². The van der Waals surface area contributed by atoms with Crippen molar-refractivity contribution in [2.24, 2.45) is 0 Å². The molecule has 0 atom stereocenters. The highest BCUT2D eigenvalue weighted by molar-refractivity contribution is 5.69. The topological polar surface area (TPSA) is 89.5 Å². The van der Waals surface area contributed by atoms with Gasteiger partial charge in [-0.15, -0.1) is 0 Å². The number of ether oxygens (including phenoxy) is 2. The normalized spacial score (nSPS) is 25.7. The highest BCUT2D eigenvalue weighted by atomic mass is 17.4. The van der Waals surface area contributed by atoms with Crippen LogP contribution in [0.15, 0.2) is 0 Å². The maximum Gasteiger partial charge on any atom is 0.305 e. The number of carbonyl (C=O) groups excluding carboxylic acids is 2. The number of carbonyl (C=O) groups is 2. The lowest BCUT2D eigenvalue weighted by Crippen LogP contribution is -2.48. The Morgan fingerprint density at radius 1 is 0.731 bits per heavy atom. The summed E-state index contributed by atoms with van der Waals surface area (Å²) in [7, 11) is 0. The van der Waals surface area contributed by atoms with Gasteiger partial charge in [-0.2, -0.15) is 19.6 Å². The highest BCUT2D eigenvalue weighted by Crippen LogP contribution is 2.34. The minimum atomic E-state index is -1.22. The minimum Gasteiger partial charge on any atom is -0.466 e. The minimum absolute atomic E-state index is 0.118. The van der Waals surface area contributed by atoms with E-state index in [1.165, 1.54) is 0 Å². The van der Waals surface area contributed by atoms with Gasteiger partial charge in [0.15, 0.2) is 0 Å². The van der Waals surface area contributed by atoms with Gasteiger partial charge in [0.05, 0.1) is 26.1 Å². The van der Waals surface area contributed by atoms with Gasteiger partial charge >= 0.3 is 11.9 Å². The van der Waals surface area contributed by atoms with Crippen LogP contribution in [-0.4, -0.2) is 36.7 Å². The van der Waals surface area contributed by atoms with E-state index in [-0.39, 0.29) is 37.6 Å². The van der Waals surface area contributed by atoms with Crippen LogP contribution < -0.4 is 0 Å². The quantitative estimate of drug-likeness (QED) is 0.290. The van der Waals surface area contributed by atoms with Crippen molar-refractivity contribution < 1.29 is 38.6 Å². The van der Waals surface area contributed by atoms with Gasteiger partial charge in [-0.3, -0.25) is 9.59 Å². The Balaban J connectivity index is 2.28. The van der Waals surface area contributed by atoms with E-state index in [9.17, 15) is 9.59 Å². The first-order valence-electron chi connectivity index (χ1n) is 9.37. The van der Waals surface area contributed by atoms with Gasteiger partial charge in [0.1, 0.15) is 0 Å². The van der Waals surface area contributed by atoms with Crippen LogP contribution >= 0.6 is 0 Å². The summed E-state index contributed by atoms with van der Waals surface area (Å²) in [6.45, 7) is 8.07. The fourth-order valence-electron chi connectivity index (χ4n) is 2.01. The van der Waals surface area contributed by atoms with E-state index >= 15 is 0 Å². The Bertz CT molecular complexity index is 389. The lowest BCUT2D eigenvalue weighted by molar-refractivity contribution is -0.652. The summed E-state index contributed by atoms with van der Waals surface area (Å²) >= 11 is 0. The molecule has 1 fully saturated rings. The largest absolute Gasteiger partial charge is 0.466 e. The molecule has 0 bridgehead atoms. The van der Waals surface area contributed by atoms with Crippen LogP contribution in [0.3, 0.4) is 0 Å². The van der Waals surface area contributed by atoms with E-state index in [4.69, 9.17) is 29.0 Å². The lowest BCUT2D eigenvalue weighted by Gasteiger charge is -2.39. The monoisotopic (exact) mass is 376 g/mol. The Labute approximate surface area is 155 Å². The van der Waals surface area contributed by atoms with E-state index < -0.39 is 11.6 Å². The zero-order valence-corrected chi connectivity index (χ0v) is 16.3. The van der Waals surface area contributed by atoms with E-state index in [0.29, 0.717) is 13.2 Å². The molecule has 26 heavy (non-hydrogen) atoms. The van der Waals surface area contributed by atoms with Crippen molar-refractivity contribution in [3.05, 3.63) is 0 Å². The molecular formula is C18H32O8. The Kier molecular flexibility index (Phi) is 10.1. The zero-order chi connectivity index (χ0) is 19.5. The number of rotatable bonds is 12. The maximum atomic E-state index is 11.6. The average Bonchev–Trinajstić information content (AvgIpc) is 2.62. The van der Waals surface area contributed by atoms with Crippen LogP contribution in [0.25, 0.3) is 0 Å². The average molecular weight is 376 g/mol. The fraction of sp³-hybridized carbons (Fsp3) is 0.889. The summed E-state index contributed by atoms with van der Waals surface area (Å²) in [4.78, 5) is 44.4. The van der Waals surface area contributed by atoms with E-state index in [0.717, 1.165) is 25.7 Å². The van der Waals surface area contributed by atoms with Crippen molar-refractivity contribution in [1.82, 2.24) is 0 Å². The molecule has 8 heteroatoms. The summed E-state index contributed by atoms with van der Waals surface area (Å²) in [5.74, 6) is -3.08. The Morgan fingerprint density at radius 3 is 1.38 bits per heavy atom. The number of unbranched alkanes of at least 4 members (excludes halogenated alkanes) is 2. The molecular weight excluding hydrogens is 344 g/mol. The Hall–Kier alpha value is -1.22. The van der Waals surface area contributed by atoms with Gasteiger partial charge < -0.3 is 9.47 Å². The van der Waals surface area contributed by atoms with Gasteiger partial charge in [0.25, 0.3) is 0 Å². The molecule has 0 saturated carbocycles. The summed E-state index contributed by atoms with van der Waals surface area (Å²) in [6.07, 6.45) is 4.26. The summed E-state index contributed by atoms with van der Waals surface area (Å²) in [5, 5.41) is 0. The lowest BCUT2D eigenvalue weighted by atomic mass is 10.1. The fourth-order valence-corrected chi connectivity index (χ4v) is 2.01. The molecule has 1 aliphatic rings. The maximum absolute atomic E-state index is 11.6. The van der Waals surface area contributed by atoms with Crippen LogP contribution in [0.1, 0.15) is 79.1 Å². The summed E-state index contributed by atoms with van der Waals surface area (Å²) in [6, 6.07) is 0.